The maximum absolute atomic E-state index is 10.8. The van der Waals surface area contributed by atoms with Gasteiger partial charge in [0.1, 0.15) is 0 Å². The fraction of sp³-hybridized carbons (Fsp3) is 0.417. The van der Waals surface area contributed by atoms with Gasteiger partial charge in [0.2, 0.25) is 0 Å². The van der Waals surface area contributed by atoms with Gasteiger partial charge in [0.05, 0.1) is 19.3 Å². The molecule has 6 heteroatoms. The van der Waals surface area contributed by atoms with Crippen LogP contribution in [0.3, 0.4) is 0 Å². The quantitative estimate of drug-likeness (QED) is 0.774. The second-order valence-corrected chi connectivity index (χ2v) is 3.37. The van der Waals surface area contributed by atoms with Gasteiger partial charge in [0.25, 0.3) is 0 Å². The average molecular weight is 277 g/mol. The molecule has 0 aliphatic rings. The molecule has 1 aromatic rings. The number of hydrogen-bond donors (Lipinski definition) is 1. The summed E-state index contributed by atoms with van der Waals surface area (Å²) in [6.07, 6.45) is 0.733. The lowest BCUT2D eigenvalue weighted by Gasteiger charge is -2.11. The van der Waals surface area contributed by atoms with E-state index in [-0.39, 0.29) is 18.0 Å². The molecule has 0 atom stereocenters. The maximum Gasteiger partial charge on any atom is 0.335 e. The van der Waals surface area contributed by atoms with Crippen LogP contribution in [0.1, 0.15) is 16.8 Å². The monoisotopic (exact) mass is 276 g/mol. The summed E-state index contributed by atoms with van der Waals surface area (Å²) in [4.78, 5) is 10.8. The van der Waals surface area contributed by atoms with Crippen molar-refractivity contribution < 1.29 is 24.1 Å². The maximum atomic E-state index is 10.8. The van der Waals surface area contributed by atoms with Gasteiger partial charge in [0.15, 0.2) is 11.5 Å². The molecule has 0 aliphatic carbocycles. The van der Waals surface area contributed by atoms with Gasteiger partial charge in [-0.3, -0.25) is 0 Å². The van der Waals surface area contributed by atoms with Crippen molar-refractivity contribution in [3.05, 3.63) is 23.8 Å². The Balaban J connectivity index is 0.00000289. The molecule has 1 N–H and O–H groups in total. The molecule has 0 heterocycles. The van der Waals surface area contributed by atoms with Gasteiger partial charge in [-0.25, -0.2) is 4.79 Å². The number of hydrogen-bond acceptors (Lipinski definition) is 4. The number of carboxylic acids is 1. The first-order valence-corrected chi connectivity index (χ1v) is 5.22. The lowest BCUT2D eigenvalue weighted by Crippen LogP contribution is -2.04. The van der Waals surface area contributed by atoms with Crippen molar-refractivity contribution in [2.45, 2.75) is 6.42 Å². The SMILES string of the molecule is COCCCOc1cc(C(=O)O)ccc1OC.Cl. The Hall–Kier alpha value is -1.46. The lowest BCUT2D eigenvalue weighted by molar-refractivity contribution is 0.0696. The van der Waals surface area contributed by atoms with E-state index in [0.717, 1.165) is 6.42 Å². The summed E-state index contributed by atoms with van der Waals surface area (Å²) in [5, 5.41) is 8.87. The Kier molecular flexibility index (Phi) is 7.91. The summed E-state index contributed by atoms with van der Waals surface area (Å²) in [7, 11) is 3.13. The Morgan fingerprint density at radius 3 is 2.50 bits per heavy atom. The van der Waals surface area contributed by atoms with Crippen LogP contribution in [0.2, 0.25) is 0 Å². The van der Waals surface area contributed by atoms with Crippen LogP contribution < -0.4 is 9.47 Å². The van der Waals surface area contributed by atoms with Crippen molar-refractivity contribution in [1.29, 1.82) is 0 Å². The Morgan fingerprint density at radius 2 is 1.94 bits per heavy atom. The molecular weight excluding hydrogens is 260 g/mol. The van der Waals surface area contributed by atoms with Crippen molar-refractivity contribution >= 4 is 18.4 Å². The number of carboxylic acid groups (broad SMARTS) is 1. The van der Waals surface area contributed by atoms with E-state index in [1.165, 1.54) is 19.2 Å². The third-order valence-corrected chi connectivity index (χ3v) is 2.16. The Labute approximate surface area is 112 Å². The number of methoxy groups -OCH3 is 2. The highest BCUT2D eigenvalue weighted by Crippen LogP contribution is 2.28. The van der Waals surface area contributed by atoms with E-state index in [0.29, 0.717) is 24.7 Å². The number of ether oxygens (including phenoxy) is 3. The van der Waals surface area contributed by atoms with E-state index in [4.69, 9.17) is 19.3 Å². The molecule has 1 aromatic carbocycles. The highest BCUT2D eigenvalue weighted by atomic mass is 35.5. The number of aromatic carboxylic acids is 1. The van der Waals surface area contributed by atoms with E-state index in [2.05, 4.69) is 0 Å². The second kappa shape index (κ2) is 8.60. The zero-order chi connectivity index (χ0) is 12.7. The zero-order valence-corrected chi connectivity index (χ0v) is 11.2. The molecule has 0 aliphatic heterocycles. The largest absolute Gasteiger partial charge is 0.493 e. The molecule has 0 radical (unpaired) electrons. The molecule has 0 saturated carbocycles. The van der Waals surface area contributed by atoms with E-state index >= 15 is 0 Å². The highest BCUT2D eigenvalue weighted by molar-refractivity contribution is 5.88. The molecule has 0 saturated heterocycles. The zero-order valence-electron chi connectivity index (χ0n) is 10.3. The summed E-state index contributed by atoms with van der Waals surface area (Å²) in [5.74, 6) is -0.0367. The van der Waals surface area contributed by atoms with Crippen LogP contribution >= 0.6 is 12.4 Å². The molecule has 0 aromatic heterocycles. The first-order valence-electron chi connectivity index (χ1n) is 5.22. The van der Waals surface area contributed by atoms with Crippen LogP contribution in [-0.4, -0.2) is 38.5 Å². The standard InChI is InChI=1S/C12H16O5.ClH/c1-15-6-3-7-17-11-8-9(12(13)14)4-5-10(11)16-2;/h4-5,8H,3,6-7H2,1-2H3,(H,13,14);1H. The van der Waals surface area contributed by atoms with Crippen LogP contribution in [0.15, 0.2) is 18.2 Å². The minimum Gasteiger partial charge on any atom is -0.493 e. The number of halogens is 1. The van der Waals surface area contributed by atoms with Gasteiger partial charge >= 0.3 is 5.97 Å². The predicted molar refractivity (Wildman–Crippen MR) is 69.2 cm³/mol. The van der Waals surface area contributed by atoms with Crippen LogP contribution in [-0.2, 0) is 4.74 Å². The fourth-order valence-corrected chi connectivity index (χ4v) is 1.31. The summed E-state index contributed by atoms with van der Waals surface area (Å²) >= 11 is 0. The predicted octanol–water partition coefficient (Wildman–Crippen LogP) is 2.23. The van der Waals surface area contributed by atoms with E-state index in [9.17, 15) is 4.79 Å². The summed E-state index contributed by atoms with van der Waals surface area (Å²) in [6, 6.07) is 4.51. The Bertz CT molecular complexity index is 381. The van der Waals surface area contributed by atoms with Crippen LogP contribution in [0.5, 0.6) is 11.5 Å². The fourth-order valence-electron chi connectivity index (χ4n) is 1.31. The summed E-state index contributed by atoms with van der Waals surface area (Å²) in [6.45, 7) is 1.05. The second-order valence-electron chi connectivity index (χ2n) is 3.37. The highest BCUT2D eigenvalue weighted by Gasteiger charge is 2.09. The Morgan fingerprint density at radius 1 is 1.22 bits per heavy atom. The van der Waals surface area contributed by atoms with Gasteiger partial charge in [-0.1, -0.05) is 0 Å². The normalized spacial score (nSPS) is 9.44. The average Bonchev–Trinajstić information content (AvgIpc) is 2.34. The third kappa shape index (κ3) is 4.81. The van der Waals surface area contributed by atoms with Crippen molar-refractivity contribution in [1.82, 2.24) is 0 Å². The number of carbonyl (C=O) groups is 1. The number of benzene rings is 1. The smallest absolute Gasteiger partial charge is 0.335 e. The molecule has 0 unspecified atom stereocenters. The van der Waals surface area contributed by atoms with Gasteiger partial charge in [-0.05, 0) is 18.2 Å². The van der Waals surface area contributed by atoms with Crippen LogP contribution in [0.25, 0.3) is 0 Å². The topological polar surface area (TPSA) is 65.0 Å². The van der Waals surface area contributed by atoms with Crippen molar-refractivity contribution in [2.75, 3.05) is 27.4 Å². The molecule has 0 fully saturated rings. The molecule has 1 rings (SSSR count). The molecule has 0 bridgehead atoms. The van der Waals surface area contributed by atoms with E-state index in [1.54, 1.807) is 13.2 Å². The first kappa shape index (κ1) is 16.5. The van der Waals surface area contributed by atoms with Crippen molar-refractivity contribution in [3.8, 4) is 11.5 Å². The van der Waals surface area contributed by atoms with E-state index in [1.807, 2.05) is 0 Å². The summed E-state index contributed by atoms with van der Waals surface area (Å²) in [5.41, 5.74) is 0.174. The molecule has 5 nitrogen and oxygen atoms in total. The van der Waals surface area contributed by atoms with E-state index < -0.39 is 5.97 Å². The molecule has 0 spiro atoms. The molecule has 0 amide bonds. The first-order chi connectivity index (χ1) is 8.19. The number of rotatable bonds is 7. The van der Waals surface area contributed by atoms with Crippen LogP contribution in [0, 0.1) is 0 Å². The third-order valence-electron chi connectivity index (χ3n) is 2.16. The molecule has 102 valence electrons. The van der Waals surface area contributed by atoms with Crippen LogP contribution in [0.4, 0.5) is 0 Å². The van der Waals surface area contributed by atoms with Crippen molar-refractivity contribution in [2.24, 2.45) is 0 Å². The van der Waals surface area contributed by atoms with Gasteiger partial charge < -0.3 is 19.3 Å². The minimum atomic E-state index is -0.991. The lowest BCUT2D eigenvalue weighted by atomic mass is 10.2. The minimum absolute atomic E-state index is 0. The molecular formula is C12H17ClO5. The molecule has 18 heavy (non-hydrogen) atoms. The summed E-state index contributed by atoms with van der Waals surface area (Å²) < 4.78 is 15.4. The van der Waals surface area contributed by atoms with Gasteiger partial charge in [-0.2, -0.15) is 0 Å². The van der Waals surface area contributed by atoms with Gasteiger partial charge in [0, 0.05) is 20.1 Å². The van der Waals surface area contributed by atoms with Gasteiger partial charge in [-0.15, -0.1) is 12.4 Å². The van der Waals surface area contributed by atoms with Crippen molar-refractivity contribution in [3.63, 3.8) is 0 Å².